The van der Waals surface area contributed by atoms with Crippen LogP contribution >= 0.6 is 0 Å². The molecule has 1 aliphatic rings. The van der Waals surface area contributed by atoms with Crippen molar-refractivity contribution in [3.63, 3.8) is 0 Å². The highest BCUT2D eigenvalue weighted by molar-refractivity contribution is 5.98. The van der Waals surface area contributed by atoms with E-state index in [-0.39, 0.29) is 17.4 Å². The van der Waals surface area contributed by atoms with Gasteiger partial charge >= 0.3 is 6.36 Å². The third-order valence-electron chi connectivity index (χ3n) is 4.95. The van der Waals surface area contributed by atoms with Crippen LogP contribution in [0.3, 0.4) is 0 Å². The molecular formula is C20H19F3N2O3. The van der Waals surface area contributed by atoms with E-state index in [4.69, 9.17) is 4.42 Å². The maximum Gasteiger partial charge on any atom is 0.573 e. The summed E-state index contributed by atoms with van der Waals surface area (Å²) in [6, 6.07) is 9.33. The van der Waals surface area contributed by atoms with E-state index >= 15 is 0 Å². The number of hydrogen-bond acceptors (Lipinski definition) is 3. The highest BCUT2D eigenvalue weighted by atomic mass is 19.4. The predicted octanol–water partition coefficient (Wildman–Crippen LogP) is 5.06. The molecule has 3 aromatic rings. The first-order valence-corrected chi connectivity index (χ1v) is 8.92. The summed E-state index contributed by atoms with van der Waals surface area (Å²) in [7, 11) is 1.65. The van der Waals surface area contributed by atoms with E-state index in [2.05, 4.69) is 16.6 Å². The number of alkyl halides is 3. The summed E-state index contributed by atoms with van der Waals surface area (Å²) in [6.45, 7) is 2.47. The highest BCUT2D eigenvalue weighted by Gasteiger charge is 2.36. The van der Waals surface area contributed by atoms with Crippen LogP contribution in [-0.2, 0) is 6.54 Å². The van der Waals surface area contributed by atoms with Crippen LogP contribution in [0.2, 0.25) is 0 Å². The topological polar surface area (TPSA) is 58.5 Å². The fraction of sp³-hybridized carbons (Fsp3) is 0.350. The first-order chi connectivity index (χ1) is 13.2. The van der Waals surface area contributed by atoms with Crippen molar-refractivity contribution < 1.29 is 27.1 Å². The number of nitrogens with zero attached hydrogens (tertiary/aromatic N) is 1. The van der Waals surface area contributed by atoms with Crippen molar-refractivity contribution in [3.05, 3.63) is 53.6 Å². The minimum Gasteiger partial charge on any atom is -0.464 e. The van der Waals surface area contributed by atoms with Gasteiger partial charge in [-0.05, 0) is 42.7 Å². The minimum atomic E-state index is -4.76. The van der Waals surface area contributed by atoms with E-state index in [1.54, 1.807) is 13.1 Å². The molecule has 1 aliphatic carbocycles. The summed E-state index contributed by atoms with van der Waals surface area (Å²) in [6.07, 6.45) is -3.64. The number of ether oxygens (including phenoxy) is 1. The summed E-state index contributed by atoms with van der Waals surface area (Å²) >= 11 is 0. The summed E-state index contributed by atoms with van der Waals surface area (Å²) in [5.74, 6) is 2.12. The maximum absolute atomic E-state index is 12.7. The number of aromatic nitrogens is 1. The van der Waals surface area contributed by atoms with Gasteiger partial charge < -0.3 is 19.0 Å². The molecule has 1 aromatic carbocycles. The Bertz CT molecular complexity index is 1020. The van der Waals surface area contributed by atoms with Gasteiger partial charge in [-0.25, -0.2) is 0 Å². The number of rotatable bonds is 5. The van der Waals surface area contributed by atoms with Crippen LogP contribution in [0.15, 0.2) is 40.8 Å². The van der Waals surface area contributed by atoms with Gasteiger partial charge in [-0.2, -0.15) is 0 Å². The number of amides is 1. The molecule has 28 heavy (non-hydrogen) atoms. The van der Waals surface area contributed by atoms with Gasteiger partial charge in [0.05, 0.1) is 6.54 Å². The van der Waals surface area contributed by atoms with Crippen molar-refractivity contribution in [1.29, 1.82) is 0 Å². The average molecular weight is 392 g/mol. The molecule has 1 N–H and O–H groups in total. The Labute approximate surface area is 159 Å². The van der Waals surface area contributed by atoms with Crippen molar-refractivity contribution in [3.8, 4) is 5.75 Å². The number of aromatic amines is 1. The number of furan rings is 1. The second-order valence-electron chi connectivity index (χ2n) is 7.26. The van der Waals surface area contributed by atoms with Gasteiger partial charge in [-0.3, -0.25) is 4.79 Å². The zero-order valence-corrected chi connectivity index (χ0v) is 15.3. The maximum atomic E-state index is 12.7. The Morgan fingerprint density at radius 3 is 2.71 bits per heavy atom. The fourth-order valence-corrected chi connectivity index (χ4v) is 3.33. The quantitative estimate of drug-likeness (QED) is 0.661. The Morgan fingerprint density at radius 1 is 1.29 bits per heavy atom. The largest absolute Gasteiger partial charge is 0.573 e. The summed E-state index contributed by atoms with van der Waals surface area (Å²) < 4.78 is 46.8. The second-order valence-corrected chi connectivity index (χ2v) is 7.26. The number of halogens is 3. The SMILES string of the molecule is C[C@H]1C[C@@H]1c1ccc(CN(C)C(=O)c2cc3ccc(OC(F)(F)F)cc3[nH]2)o1. The van der Waals surface area contributed by atoms with Crippen molar-refractivity contribution in [1.82, 2.24) is 9.88 Å². The molecule has 5 nitrogen and oxygen atoms in total. The minimum absolute atomic E-state index is 0.282. The molecule has 0 saturated heterocycles. The number of H-pyrrole nitrogens is 1. The third-order valence-corrected chi connectivity index (χ3v) is 4.95. The van der Waals surface area contributed by atoms with Gasteiger partial charge in [0.15, 0.2) is 0 Å². The third kappa shape index (κ3) is 3.85. The van der Waals surface area contributed by atoms with E-state index in [1.165, 1.54) is 23.1 Å². The molecule has 4 rings (SSSR count). The van der Waals surface area contributed by atoms with E-state index in [9.17, 15) is 18.0 Å². The first-order valence-electron chi connectivity index (χ1n) is 8.92. The molecule has 8 heteroatoms. The molecule has 1 fully saturated rings. The van der Waals surface area contributed by atoms with Crippen LogP contribution in [0.5, 0.6) is 5.75 Å². The molecular weight excluding hydrogens is 373 g/mol. The number of nitrogens with one attached hydrogen (secondary N) is 1. The summed E-state index contributed by atoms with van der Waals surface area (Å²) in [5.41, 5.74) is 0.672. The van der Waals surface area contributed by atoms with Gasteiger partial charge in [0.25, 0.3) is 5.91 Å². The average Bonchev–Trinajstić information content (AvgIpc) is 3.02. The van der Waals surface area contributed by atoms with E-state index in [0.717, 1.165) is 12.2 Å². The predicted molar refractivity (Wildman–Crippen MR) is 96.0 cm³/mol. The molecule has 1 amide bonds. The molecule has 2 atom stereocenters. The number of hydrogen-bond donors (Lipinski definition) is 1. The Morgan fingerprint density at radius 2 is 2.04 bits per heavy atom. The molecule has 0 aliphatic heterocycles. The molecule has 2 heterocycles. The summed E-state index contributed by atoms with van der Waals surface area (Å²) in [4.78, 5) is 17.0. The summed E-state index contributed by atoms with van der Waals surface area (Å²) in [5, 5.41) is 0.620. The van der Waals surface area contributed by atoms with Crippen molar-refractivity contribution >= 4 is 16.8 Å². The molecule has 0 unspecified atom stereocenters. The monoisotopic (exact) mass is 392 g/mol. The second kappa shape index (κ2) is 6.61. The van der Waals surface area contributed by atoms with E-state index in [1.807, 2.05) is 12.1 Å². The van der Waals surface area contributed by atoms with Crippen LogP contribution in [-0.4, -0.2) is 29.2 Å². The molecule has 1 saturated carbocycles. The van der Waals surface area contributed by atoms with Crippen LogP contribution in [0.4, 0.5) is 13.2 Å². The zero-order valence-electron chi connectivity index (χ0n) is 15.3. The van der Waals surface area contributed by atoms with Gasteiger partial charge in [0.1, 0.15) is 23.0 Å². The number of fused-ring (bicyclic) bond motifs is 1. The van der Waals surface area contributed by atoms with Crippen molar-refractivity contribution in [2.75, 3.05) is 7.05 Å². The lowest BCUT2D eigenvalue weighted by atomic mass is 10.2. The zero-order chi connectivity index (χ0) is 20.1. The number of carbonyl (C=O) groups excluding carboxylic acids is 1. The lowest BCUT2D eigenvalue weighted by Crippen LogP contribution is -2.26. The van der Waals surface area contributed by atoms with Crippen LogP contribution < -0.4 is 4.74 Å². The Hall–Kier alpha value is -2.90. The molecule has 0 radical (unpaired) electrons. The van der Waals surface area contributed by atoms with Crippen LogP contribution in [0.1, 0.15) is 41.3 Å². The van der Waals surface area contributed by atoms with E-state index in [0.29, 0.717) is 35.0 Å². The molecule has 2 aromatic heterocycles. The van der Waals surface area contributed by atoms with Crippen LogP contribution in [0.25, 0.3) is 10.9 Å². The fourth-order valence-electron chi connectivity index (χ4n) is 3.33. The van der Waals surface area contributed by atoms with Crippen molar-refractivity contribution in [2.45, 2.75) is 32.2 Å². The molecule has 0 spiro atoms. The normalized spacial score (nSPS) is 19.0. The lowest BCUT2D eigenvalue weighted by Gasteiger charge is -2.14. The highest BCUT2D eigenvalue weighted by Crippen LogP contribution is 2.47. The Kier molecular flexibility index (Phi) is 4.36. The lowest BCUT2D eigenvalue weighted by molar-refractivity contribution is -0.274. The number of benzene rings is 1. The molecule has 0 bridgehead atoms. The Balaban J connectivity index is 1.47. The van der Waals surface area contributed by atoms with E-state index < -0.39 is 6.36 Å². The van der Waals surface area contributed by atoms with Gasteiger partial charge in [0, 0.05) is 29.9 Å². The first kappa shape index (κ1) is 18.5. The van der Waals surface area contributed by atoms with Crippen molar-refractivity contribution in [2.24, 2.45) is 5.92 Å². The molecule has 148 valence electrons. The van der Waals surface area contributed by atoms with Gasteiger partial charge in [0.2, 0.25) is 0 Å². The van der Waals surface area contributed by atoms with Gasteiger partial charge in [-0.1, -0.05) is 6.92 Å². The van der Waals surface area contributed by atoms with Crippen LogP contribution in [0, 0.1) is 5.92 Å². The standard InChI is InChI=1S/C20H19F3N2O3/c1-11-7-15(11)18-6-5-14(27-18)10-25(2)19(26)17-8-12-3-4-13(9-16(12)24-17)28-20(21,22)23/h3-6,8-9,11,15,24H,7,10H2,1-2H3/t11-,15-/m0/s1. The smallest absolute Gasteiger partial charge is 0.464 e. The van der Waals surface area contributed by atoms with Gasteiger partial charge in [-0.15, -0.1) is 13.2 Å². The number of carbonyl (C=O) groups is 1.